The summed E-state index contributed by atoms with van der Waals surface area (Å²) < 4.78 is 0. The summed E-state index contributed by atoms with van der Waals surface area (Å²) >= 11 is 0. The van der Waals surface area contributed by atoms with Crippen LogP contribution in [0.15, 0.2) is 0 Å². The molecule has 0 amide bonds. The zero-order valence-electron chi connectivity index (χ0n) is 13.2. The second-order valence-corrected chi connectivity index (χ2v) is 6.53. The van der Waals surface area contributed by atoms with Gasteiger partial charge in [-0.05, 0) is 39.2 Å². The molecule has 1 aliphatic carbocycles. The zero-order valence-corrected chi connectivity index (χ0v) is 13.2. The first-order chi connectivity index (χ1) is 9.24. The van der Waals surface area contributed by atoms with Crippen LogP contribution in [0.1, 0.15) is 46.0 Å². The molecule has 1 saturated heterocycles. The standard InChI is InChI=1S/C16H33N3/c1-4-14(2)19-11-9-18(10-12-19)13-16(17-3)15-7-5-6-8-15/h14-17H,4-13H2,1-3H3. The van der Waals surface area contributed by atoms with Gasteiger partial charge in [-0.3, -0.25) is 9.80 Å². The van der Waals surface area contributed by atoms with E-state index in [0.717, 1.165) is 18.0 Å². The van der Waals surface area contributed by atoms with Crippen molar-refractivity contribution in [3.8, 4) is 0 Å². The quantitative estimate of drug-likeness (QED) is 0.796. The predicted molar refractivity (Wildman–Crippen MR) is 82.6 cm³/mol. The molecule has 0 bridgehead atoms. The van der Waals surface area contributed by atoms with Gasteiger partial charge in [0.25, 0.3) is 0 Å². The Hall–Kier alpha value is -0.120. The molecule has 3 heteroatoms. The molecule has 1 saturated carbocycles. The first kappa shape index (κ1) is 15.3. The van der Waals surface area contributed by atoms with Crippen LogP contribution in [0, 0.1) is 5.92 Å². The smallest absolute Gasteiger partial charge is 0.0220 e. The minimum absolute atomic E-state index is 0.720. The lowest BCUT2D eigenvalue weighted by molar-refractivity contribution is 0.0889. The van der Waals surface area contributed by atoms with Crippen LogP contribution in [0.3, 0.4) is 0 Å². The van der Waals surface area contributed by atoms with E-state index in [9.17, 15) is 0 Å². The minimum atomic E-state index is 0.720. The van der Waals surface area contributed by atoms with Gasteiger partial charge in [0.2, 0.25) is 0 Å². The van der Waals surface area contributed by atoms with Gasteiger partial charge in [-0.1, -0.05) is 19.8 Å². The fraction of sp³-hybridized carbons (Fsp3) is 1.00. The maximum absolute atomic E-state index is 3.58. The molecule has 0 spiro atoms. The van der Waals surface area contributed by atoms with Crippen LogP contribution < -0.4 is 5.32 Å². The van der Waals surface area contributed by atoms with Crippen LogP contribution in [0.25, 0.3) is 0 Å². The highest BCUT2D eigenvalue weighted by molar-refractivity contribution is 4.84. The van der Waals surface area contributed by atoms with Gasteiger partial charge in [0.15, 0.2) is 0 Å². The topological polar surface area (TPSA) is 18.5 Å². The van der Waals surface area contributed by atoms with Crippen molar-refractivity contribution in [1.29, 1.82) is 0 Å². The molecule has 2 fully saturated rings. The fourth-order valence-corrected chi connectivity index (χ4v) is 3.76. The van der Waals surface area contributed by atoms with Gasteiger partial charge < -0.3 is 5.32 Å². The van der Waals surface area contributed by atoms with Crippen molar-refractivity contribution in [2.45, 2.75) is 58.0 Å². The summed E-state index contributed by atoms with van der Waals surface area (Å²) in [6.45, 7) is 11.0. The molecule has 19 heavy (non-hydrogen) atoms. The summed E-state index contributed by atoms with van der Waals surface area (Å²) in [6.07, 6.45) is 7.06. The molecule has 0 radical (unpaired) electrons. The minimum Gasteiger partial charge on any atom is -0.315 e. The molecular weight excluding hydrogens is 234 g/mol. The predicted octanol–water partition coefficient (Wildman–Crippen LogP) is 2.18. The van der Waals surface area contributed by atoms with Gasteiger partial charge in [0.05, 0.1) is 0 Å². The van der Waals surface area contributed by atoms with E-state index in [1.165, 1.54) is 64.8 Å². The monoisotopic (exact) mass is 267 g/mol. The molecule has 2 atom stereocenters. The Balaban J connectivity index is 1.74. The van der Waals surface area contributed by atoms with E-state index in [1.54, 1.807) is 0 Å². The van der Waals surface area contributed by atoms with Gasteiger partial charge in [-0.25, -0.2) is 0 Å². The van der Waals surface area contributed by atoms with E-state index in [1.807, 2.05) is 0 Å². The number of piperazine rings is 1. The molecule has 2 aliphatic rings. The number of likely N-dealkylation sites (N-methyl/N-ethyl adjacent to an activating group) is 1. The molecule has 1 N–H and O–H groups in total. The summed E-state index contributed by atoms with van der Waals surface area (Å²) in [6, 6.07) is 1.48. The van der Waals surface area contributed by atoms with Crippen molar-refractivity contribution >= 4 is 0 Å². The van der Waals surface area contributed by atoms with Gasteiger partial charge in [-0.2, -0.15) is 0 Å². The number of rotatable bonds is 6. The van der Waals surface area contributed by atoms with Crippen molar-refractivity contribution in [2.24, 2.45) is 5.92 Å². The normalized spacial score (nSPS) is 26.7. The van der Waals surface area contributed by atoms with Crippen LogP contribution in [0.2, 0.25) is 0 Å². The average Bonchev–Trinajstić information content (AvgIpc) is 2.98. The van der Waals surface area contributed by atoms with Crippen molar-refractivity contribution < 1.29 is 0 Å². The largest absolute Gasteiger partial charge is 0.315 e. The molecule has 0 aromatic heterocycles. The summed E-state index contributed by atoms with van der Waals surface area (Å²) in [5.74, 6) is 0.928. The van der Waals surface area contributed by atoms with E-state index in [4.69, 9.17) is 0 Å². The van der Waals surface area contributed by atoms with E-state index < -0.39 is 0 Å². The van der Waals surface area contributed by atoms with Crippen molar-refractivity contribution in [3.63, 3.8) is 0 Å². The number of hydrogen-bond acceptors (Lipinski definition) is 3. The summed E-state index contributed by atoms with van der Waals surface area (Å²) in [4.78, 5) is 5.33. The lowest BCUT2D eigenvalue weighted by Gasteiger charge is -2.39. The number of nitrogens with zero attached hydrogens (tertiary/aromatic N) is 2. The molecule has 3 nitrogen and oxygen atoms in total. The molecule has 2 unspecified atom stereocenters. The van der Waals surface area contributed by atoms with Gasteiger partial charge in [0.1, 0.15) is 0 Å². The third kappa shape index (κ3) is 4.17. The number of nitrogens with one attached hydrogen (secondary N) is 1. The van der Waals surface area contributed by atoms with Crippen molar-refractivity contribution in [1.82, 2.24) is 15.1 Å². The molecule has 2 rings (SSSR count). The van der Waals surface area contributed by atoms with Crippen molar-refractivity contribution in [2.75, 3.05) is 39.8 Å². The first-order valence-electron chi connectivity index (χ1n) is 8.38. The van der Waals surface area contributed by atoms with Crippen LogP contribution in [0.5, 0.6) is 0 Å². The first-order valence-corrected chi connectivity index (χ1v) is 8.38. The Bertz CT molecular complexity index is 242. The Kier molecular flexibility index (Phi) is 6.11. The Morgan fingerprint density at radius 2 is 1.74 bits per heavy atom. The summed E-state index contributed by atoms with van der Waals surface area (Å²) in [7, 11) is 2.15. The van der Waals surface area contributed by atoms with E-state index >= 15 is 0 Å². The fourth-order valence-electron chi connectivity index (χ4n) is 3.76. The zero-order chi connectivity index (χ0) is 13.7. The van der Waals surface area contributed by atoms with Crippen LogP contribution >= 0.6 is 0 Å². The Morgan fingerprint density at radius 1 is 1.11 bits per heavy atom. The highest BCUT2D eigenvalue weighted by Gasteiger charge is 2.27. The lowest BCUT2D eigenvalue weighted by Crippen LogP contribution is -2.53. The second-order valence-electron chi connectivity index (χ2n) is 6.53. The van der Waals surface area contributed by atoms with Gasteiger partial charge in [0, 0.05) is 44.8 Å². The molecule has 0 aromatic carbocycles. The van der Waals surface area contributed by atoms with E-state index in [-0.39, 0.29) is 0 Å². The Morgan fingerprint density at radius 3 is 2.26 bits per heavy atom. The third-order valence-electron chi connectivity index (χ3n) is 5.42. The highest BCUT2D eigenvalue weighted by atomic mass is 15.3. The average molecular weight is 267 g/mol. The van der Waals surface area contributed by atoms with Crippen LogP contribution in [-0.2, 0) is 0 Å². The van der Waals surface area contributed by atoms with Crippen LogP contribution in [0.4, 0.5) is 0 Å². The molecule has 112 valence electrons. The molecule has 1 aliphatic heterocycles. The van der Waals surface area contributed by atoms with Gasteiger partial charge in [-0.15, -0.1) is 0 Å². The highest BCUT2D eigenvalue weighted by Crippen LogP contribution is 2.28. The van der Waals surface area contributed by atoms with E-state index in [0.29, 0.717) is 0 Å². The van der Waals surface area contributed by atoms with Crippen molar-refractivity contribution in [3.05, 3.63) is 0 Å². The molecule has 1 heterocycles. The maximum Gasteiger partial charge on any atom is 0.0220 e. The number of hydrogen-bond donors (Lipinski definition) is 1. The summed E-state index contributed by atoms with van der Waals surface area (Å²) in [5, 5.41) is 3.58. The lowest BCUT2D eigenvalue weighted by atomic mass is 9.97. The molecular formula is C16H33N3. The SMILES string of the molecule is CCC(C)N1CCN(CC(NC)C2CCCC2)CC1. The second kappa shape index (κ2) is 7.61. The van der Waals surface area contributed by atoms with E-state index in [2.05, 4.69) is 36.0 Å². The third-order valence-corrected chi connectivity index (χ3v) is 5.42. The van der Waals surface area contributed by atoms with Gasteiger partial charge >= 0.3 is 0 Å². The maximum atomic E-state index is 3.58. The summed E-state index contributed by atoms with van der Waals surface area (Å²) in [5.41, 5.74) is 0. The van der Waals surface area contributed by atoms with Crippen LogP contribution in [-0.4, -0.2) is 61.7 Å². The Labute approximate surface area is 119 Å². The molecule has 0 aromatic rings.